The molecule has 0 spiro atoms. The average Bonchev–Trinajstić information content (AvgIpc) is 2.59. The van der Waals surface area contributed by atoms with Gasteiger partial charge in [-0.2, -0.15) is 0 Å². The SMILES string of the molecule is O=C=NCc1csc(CN=C=O)c1. The lowest BCUT2D eigenvalue weighted by atomic mass is 10.3. The molecule has 0 N–H and O–H groups in total. The van der Waals surface area contributed by atoms with Crippen molar-refractivity contribution in [2.45, 2.75) is 13.1 Å². The van der Waals surface area contributed by atoms with Gasteiger partial charge in [-0.15, -0.1) is 11.3 Å². The molecule has 66 valence electrons. The number of rotatable bonds is 4. The Kier molecular flexibility index (Phi) is 3.79. The van der Waals surface area contributed by atoms with Crippen LogP contribution < -0.4 is 0 Å². The van der Waals surface area contributed by atoms with Crippen LogP contribution in [0.4, 0.5) is 0 Å². The van der Waals surface area contributed by atoms with Crippen LogP contribution in [-0.2, 0) is 22.7 Å². The maximum Gasteiger partial charge on any atom is 0.235 e. The van der Waals surface area contributed by atoms with E-state index in [0.29, 0.717) is 13.1 Å². The number of thiophene rings is 1. The smallest absolute Gasteiger partial charge is 0.211 e. The summed E-state index contributed by atoms with van der Waals surface area (Å²) in [6.45, 7) is 0.684. The van der Waals surface area contributed by atoms with Gasteiger partial charge in [0.2, 0.25) is 12.2 Å². The second-order valence-corrected chi connectivity index (χ2v) is 3.23. The zero-order valence-corrected chi connectivity index (χ0v) is 7.50. The highest BCUT2D eigenvalue weighted by molar-refractivity contribution is 7.10. The summed E-state index contributed by atoms with van der Waals surface area (Å²) >= 11 is 1.48. The van der Waals surface area contributed by atoms with Crippen LogP contribution in [0, 0.1) is 0 Å². The zero-order chi connectivity index (χ0) is 9.52. The molecule has 0 atom stereocenters. The van der Waals surface area contributed by atoms with Gasteiger partial charge in [-0.25, -0.2) is 19.6 Å². The molecule has 1 rings (SSSR count). The van der Waals surface area contributed by atoms with Crippen LogP contribution in [0.1, 0.15) is 10.4 Å². The number of isocyanates is 2. The van der Waals surface area contributed by atoms with Gasteiger partial charge in [-0.05, 0) is 17.0 Å². The molecule has 0 aliphatic heterocycles. The molecule has 1 aromatic rings. The first-order chi connectivity index (χ1) is 6.36. The van der Waals surface area contributed by atoms with E-state index in [1.165, 1.54) is 23.5 Å². The molecule has 0 aliphatic rings. The molecule has 0 radical (unpaired) electrons. The van der Waals surface area contributed by atoms with Gasteiger partial charge in [0.25, 0.3) is 0 Å². The van der Waals surface area contributed by atoms with Crippen LogP contribution in [-0.4, -0.2) is 12.2 Å². The van der Waals surface area contributed by atoms with Crippen molar-refractivity contribution in [3.8, 4) is 0 Å². The minimum atomic E-state index is 0.338. The molecule has 0 bridgehead atoms. The Labute approximate surface area is 78.6 Å². The summed E-state index contributed by atoms with van der Waals surface area (Å²) in [5, 5.41) is 1.87. The van der Waals surface area contributed by atoms with E-state index in [1.54, 1.807) is 0 Å². The van der Waals surface area contributed by atoms with Gasteiger partial charge in [-0.3, -0.25) is 0 Å². The first-order valence-electron chi connectivity index (χ1n) is 3.50. The summed E-state index contributed by atoms with van der Waals surface area (Å²) in [6.07, 6.45) is 2.93. The standard InChI is InChI=1S/C8H6N2O2S/c11-5-9-2-7-1-8(13-4-7)3-10-6-12/h1,4H,2-3H2. The first-order valence-corrected chi connectivity index (χ1v) is 4.38. The van der Waals surface area contributed by atoms with Crippen LogP contribution in [0.3, 0.4) is 0 Å². The molecule has 0 amide bonds. The Balaban J connectivity index is 2.62. The molecule has 0 unspecified atom stereocenters. The minimum Gasteiger partial charge on any atom is -0.211 e. The number of hydrogen-bond donors (Lipinski definition) is 0. The van der Waals surface area contributed by atoms with Gasteiger partial charge in [0.15, 0.2) is 0 Å². The second-order valence-electron chi connectivity index (χ2n) is 2.24. The molecule has 0 saturated carbocycles. The molecule has 0 fully saturated rings. The van der Waals surface area contributed by atoms with Crippen molar-refractivity contribution in [2.24, 2.45) is 9.98 Å². The van der Waals surface area contributed by atoms with Crippen LogP contribution in [0.15, 0.2) is 21.4 Å². The molecule has 1 aromatic heterocycles. The molecule has 1 heterocycles. The largest absolute Gasteiger partial charge is 0.235 e. The highest BCUT2D eigenvalue weighted by Crippen LogP contribution is 2.15. The van der Waals surface area contributed by atoms with E-state index in [4.69, 9.17) is 0 Å². The maximum absolute atomic E-state index is 9.80. The van der Waals surface area contributed by atoms with Gasteiger partial charge in [0.05, 0.1) is 13.1 Å². The van der Waals surface area contributed by atoms with E-state index < -0.39 is 0 Å². The van der Waals surface area contributed by atoms with E-state index in [-0.39, 0.29) is 0 Å². The van der Waals surface area contributed by atoms with Crippen LogP contribution in [0.5, 0.6) is 0 Å². The second kappa shape index (κ2) is 5.17. The van der Waals surface area contributed by atoms with Gasteiger partial charge < -0.3 is 0 Å². The third kappa shape index (κ3) is 3.13. The fraction of sp³-hybridized carbons (Fsp3) is 0.250. The van der Waals surface area contributed by atoms with E-state index in [1.807, 2.05) is 11.4 Å². The molecule has 0 aliphatic carbocycles. The number of aliphatic imine (C=N–C) groups is 2. The minimum absolute atomic E-state index is 0.338. The van der Waals surface area contributed by atoms with Crippen molar-refractivity contribution in [3.05, 3.63) is 21.9 Å². The van der Waals surface area contributed by atoms with Crippen LogP contribution in [0.25, 0.3) is 0 Å². The lowest BCUT2D eigenvalue weighted by Crippen LogP contribution is -1.75. The number of hydrogen-bond acceptors (Lipinski definition) is 5. The summed E-state index contributed by atoms with van der Waals surface area (Å²) in [6, 6.07) is 1.85. The van der Waals surface area contributed by atoms with E-state index in [0.717, 1.165) is 10.4 Å². The molecule has 0 aromatic carbocycles. The zero-order valence-electron chi connectivity index (χ0n) is 6.69. The summed E-state index contributed by atoms with van der Waals surface area (Å²) in [5.41, 5.74) is 0.935. The summed E-state index contributed by atoms with van der Waals surface area (Å²) in [5.74, 6) is 0. The molecule has 0 saturated heterocycles. The molecule has 4 nitrogen and oxygen atoms in total. The quantitative estimate of drug-likeness (QED) is 0.537. The third-order valence-corrected chi connectivity index (χ3v) is 2.30. The summed E-state index contributed by atoms with van der Waals surface area (Å²) < 4.78 is 0. The van der Waals surface area contributed by atoms with Crippen LogP contribution in [0.2, 0.25) is 0 Å². The van der Waals surface area contributed by atoms with Gasteiger partial charge in [0, 0.05) is 4.88 Å². The van der Waals surface area contributed by atoms with Crippen molar-refractivity contribution in [2.75, 3.05) is 0 Å². The predicted molar refractivity (Wildman–Crippen MR) is 48.0 cm³/mol. The van der Waals surface area contributed by atoms with E-state index >= 15 is 0 Å². The Morgan fingerprint density at radius 3 is 2.62 bits per heavy atom. The fourth-order valence-electron chi connectivity index (χ4n) is 0.826. The molecular weight excluding hydrogens is 188 g/mol. The predicted octanol–water partition coefficient (Wildman–Crippen LogP) is 1.42. The number of nitrogens with zero attached hydrogens (tertiary/aromatic N) is 2. The van der Waals surface area contributed by atoms with E-state index in [2.05, 4.69) is 9.98 Å². The van der Waals surface area contributed by atoms with E-state index in [9.17, 15) is 9.59 Å². The normalized spacial score (nSPS) is 8.62. The first kappa shape index (κ1) is 9.55. The molecule has 13 heavy (non-hydrogen) atoms. The van der Waals surface area contributed by atoms with Gasteiger partial charge >= 0.3 is 0 Å². The lowest BCUT2D eigenvalue weighted by Gasteiger charge is -1.84. The monoisotopic (exact) mass is 194 g/mol. The maximum atomic E-state index is 9.80. The highest BCUT2D eigenvalue weighted by atomic mass is 32.1. The number of carbonyl (C=O) groups excluding carboxylic acids is 2. The van der Waals surface area contributed by atoms with Crippen molar-refractivity contribution in [1.29, 1.82) is 0 Å². The lowest BCUT2D eigenvalue weighted by molar-refractivity contribution is 0.562. The Hall–Kier alpha value is -1.54. The molecular formula is C8H6N2O2S. The molecule has 5 heteroatoms. The Morgan fingerprint density at radius 2 is 1.92 bits per heavy atom. The van der Waals surface area contributed by atoms with Crippen molar-refractivity contribution in [1.82, 2.24) is 0 Å². The topological polar surface area (TPSA) is 58.9 Å². The van der Waals surface area contributed by atoms with Crippen molar-refractivity contribution >= 4 is 23.5 Å². The van der Waals surface area contributed by atoms with Gasteiger partial charge in [0.1, 0.15) is 0 Å². The van der Waals surface area contributed by atoms with Crippen molar-refractivity contribution in [3.63, 3.8) is 0 Å². The van der Waals surface area contributed by atoms with Crippen LogP contribution >= 0.6 is 11.3 Å². The summed E-state index contributed by atoms with van der Waals surface area (Å²) in [7, 11) is 0. The highest BCUT2D eigenvalue weighted by Gasteiger charge is 1.97. The third-order valence-electron chi connectivity index (χ3n) is 1.33. The van der Waals surface area contributed by atoms with Gasteiger partial charge in [-0.1, -0.05) is 0 Å². The Bertz CT molecular complexity index is 339. The van der Waals surface area contributed by atoms with Crippen molar-refractivity contribution < 1.29 is 9.59 Å². The fourth-order valence-corrected chi connectivity index (χ4v) is 1.63. The Morgan fingerprint density at radius 1 is 1.23 bits per heavy atom. The summed E-state index contributed by atoms with van der Waals surface area (Å²) in [4.78, 5) is 27.4. The average molecular weight is 194 g/mol.